The van der Waals surface area contributed by atoms with E-state index in [1.807, 2.05) is 52.0 Å². The van der Waals surface area contributed by atoms with Crippen molar-refractivity contribution in [2.24, 2.45) is 11.8 Å². The minimum absolute atomic E-state index is 0.102. The van der Waals surface area contributed by atoms with E-state index in [1.54, 1.807) is 0 Å². The fourth-order valence-electron chi connectivity index (χ4n) is 5.56. The Labute approximate surface area is 206 Å². The Hall–Kier alpha value is -3.09. The molecular weight excluding hydrogens is 446 g/mol. The van der Waals surface area contributed by atoms with Crippen molar-refractivity contribution in [2.75, 3.05) is 7.11 Å². The number of rotatable bonds is 6. The van der Waals surface area contributed by atoms with Gasteiger partial charge < -0.3 is 19.5 Å². The van der Waals surface area contributed by atoms with Crippen molar-refractivity contribution in [3.8, 4) is 5.75 Å². The van der Waals surface area contributed by atoms with Crippen LogP contribution in [-0.2, 0) is 23.9 Å². The fourth-order valence-corrected chi connectivity index (χ4v) is 5.56. The van der Waals surface area contributed by atoms with Gasteiger partial charge in [-0.25, -0.2) is 4.79 Å². The van der Waals surface area contributed by atoms with Crippen LogP contribution in [0.1, 0.15) is 71.3 Å². The normalized spacial score (nSPS) is 24.9. The number of methoxy groups -OCH3 is 1. The molecule has 188 valence electrons. The maximum atomic E-state index is 13.9. The molecule has 0 amide bonds. The van der Waals surface area contributed by atoms with Gasteiger partial charge in [0.25, 0.3) is 0 Å². The first-order valence-electron chi connectivity index (χ1n) is 12.5. The smallest absolute Gasteiger partial charge is 0.337 e. The van der Waals surface area contributed by atoms with Gasteiger partial charge in [0.05, 0.1) is 24.7 Å². The van der Waals surface area contributed by atoms with Crippen LogP contribution in [0.2, 0.25) is 0 Å². The zero-order chi connectivity index (χ0) is 25.3. The number of esters is 2. The second-order valence-corrected chi connectivity index (χ2v) is 10.1. The molecule has 35 heavy (non-hydrogen) atoms. The summed E-state index contributed by atoms with van der Waals surface area (Å²) >= 11 is 0. The molecule has 0 radical (unpaired) electrons. The quantitative estimate of drug-likeness (QED) is 0.470. The number of Topliss-reactive ketones (excluding diaryl/α,β-unsaturated/α-hetero) is 1. The van der Waals surface area contributed by atoms with Gasteiger partial charge in [-0.3, -0.25) is 9.59 Å². The van der Waals surface area contributed by atoms with Gasteiger partial charge in [-0.1, -0.05) is 25.1 Å². The van der Waals surface area contributed by atoms with E-state index >= 15 is 0 Å². The molecule has 3 aliphatic rings. The van der Waals surface area contributed by atoms with E-state index in [4.69, 9.17) is 14.2 Å². The highest BCUT2D eigenvalue weighted by Gasteiger charge is 2.48. The summed E-state index contributed by atoms with van der Waals surface area (Å²) < 4.78 is 17.0. The Kier molecular flexibility index (Phi) is 7.33. The number of ketones is 1. The van der Waals surface area contributed by atoms with Gasteiger partial charge in [0, 0.05) is 22.5 Å². The number of carbonyl (C=O) groups is 3. The van der Waals surface area contributed by atoms with Gasteiger partial charge in [0.15, 0.2) is 5.78 Å². The standard InChI is InChI=1S/C28H35NO6/c1-15(2)34-21-13-9-8-12-19(21)24-23(28(32)35-18-10-6-7-11-18)17(4)29-20-14-16(3)22(27(31)33-5)26(30)25(20)24/h8-9,12-13,15-16,18,22,24,29H,6-7,10-11,14H2,1-5H3/t16-,22-,24-/m0/s1. The number of hydrogen-bond acceptors (Lipinski definition) is 7. The minimum atomic E-state index is -0.924. The van der Waals surface area contributed by atoms with E-state index in [1.165, 1.54) is 7.11 Å². The third kappa shape index (κ3) is 4.86. The van der Waals surface area contributed by atoms with Crippen molar-refractivity contribution in [2.45, 2.75) is 77.9 Å². The van der Waals surface area contributed by atoms with Gasteiger partial charge in [-0.15, -0.1) is 0 Å². The van der Waals surface area contributed by atoms with Crippen molar-refractivity contribution in [3.05, 3.63) is 52.4 Å². The molecule has 7 nitrogen and oxygen atoms in total. The minimum Gasteiger partial charge on any atom is -0.491 e. The van der Waals surface area contributed by atoms with Crippen LogP contribution in [0.25, 0.3) is 0 Å². The lowest BCUT2D eigenvalue weighted by Gasteiger charge is -2.38. The molecule has 3 atom stereocenters. The third-order valence-corrected chi connectivity index (χ3v) is 7.13. The van der Waals surface area contributed by atoms with Crippen LogP contribution >= 0.6 is 0 Å². The third-order valence-electron chi connectivity index (χ3n) is 7.13. The maximum Gasteiger partial charge on any atom is 0.337 e. The molecule has 1 aromatic carbocycles. The van der Waals surface area contributed by atoms with Crippen LogP contribution in [0.3, 0.4) is 0 Å². The monoisotopic (exact) mass is 481 g/mol. The van der Waals surface area contributed by atoms with Crippen molar-refractivity contribution >= 4 is 17.7 Å². The summed E-state index contributed by atoms with van der Waals surface area (Å²) in [6.45, 7) is 7.58. The number of para-hydroxylation sites is 1. The maximum absolute atomic E-state index is 13.9. The number of allylic oxidation sites excluding steroid dienone is 3. The molecule has 1 aromatic rings. The highest BCUT2D eigenvalue weighted by Crippen LogP contribution is 2.48. The molecule has 4 rings (SSSR count). The van der Waals surface area contributed by atoms with E-state index in [2.05, 4.69) is 5.32 Å². The second kappa shape index (κ2) is 10.3. The summed E-state index contributed by atoms with van der Waals surface area (Å²) in [5, 5.41) is 3.32. The van der Waals surface area contributed by atoms with Crippen LogP contribution in [0.15, 0.2) is 46.8 Å². The second-order valence-electron chi connectivity index (χ2n) is 10.1. The number of nitrogens with one attached hydrogen (secondary N) is 1. The summed E-state index contributed by atoms with van der Waals surface area (Å²) in [5.74, 6) is -2.57. The molecule has 0 bridgehead atoms. The molecule has 7 heteroatoms. The topological polar surface area (TPSA) is 90.9 Å². The lowest BCUT2D eigenvalue weighted by atomic mass is 9.69. The summed E-state index contributed by atoms with van der Waals surface area (Å²) in [5.41, 5.74) is 2.92. The number of hydrogen-bond donors (Lipinski definition) is 1. The molecule has 1 N–H and O–H groups in total. The van der Waals surface area contributed by atoms with Gasteiger partial charge in [-0.05, 0) is 64.9 Å². The average molecular weight is 482 g/mol. The van der Waals surface area contributed by atoms with Crippen LogP contribution in [0.4, 0.5) is 0 Å². The SMILES string of the molecule is COC(=O)[C@@H]1C(=O)C2=C(C[C@@H]1C)NC(C)=C(C(=O)OC1CCCC1)[C@@H]2c1ccccc1OC(C)C. The van der Waals surface area contributed by atoms with E-state index < -0.39 is 23.8 Å². The number of benzene rings is 1. The van der Waals surface area contributed by atoms with Crippen molar-refractivity contribution in [1.29, 1.82) is 0 Å². The van der Waals surface area contributed by atoms with E-state index in [9.17, 15) is 14.4 Å². The van der Waals surface area contributed by atoms with Crippen LogP contribution in [0.5, 0.6) is 5.75 Å². The summed E-state index contributed by atoms with van der Waals surface area (Å²) in [6, 6.07) is 7.47. The van der Waals surface area contributed by atoms with Gasteiger partial charge in [0.1, 0.15) is 17.8 Å². The van der Waals surface area contributed by atoms with E-state index in [-0.39, 0.29) is 23.9 Å². The first kappa shape index (κ1) is 25.0. The average Bonchev–Trinajstić information content (AvgIpc) is 3.30. The molecule has 0 saturated heterocycles. The molecule has 1 aliphatic heterocycles. The predicted octanol–water partition coefficient (Wildman–Crippen LogP) is 4.57. The van der Waals surface area contributed by atoms with Crippen LogP contribution < -0.4 is 10.1 Å². The van der Waals surface area contributed by atoms with Crippen molar-refractivity contribution in [3.63, 3.8) is 0 Å². The van der Waals surface area contributed by atoms with Crippen LogP contribution in [0, 0.1) is 11.8 Å². The van der Waals surface area contributed by atoms with E-state index in [0.29, 0.717) is 34.6 Å². The highest BCUT2D eigenvalue weighted by molar-refractivity contribution is 6.12. The Balaban J connectivity index is 1.85. The lowest BCUT2D eigenvalue weighted by Crippen LogP contribution is -2.43. The molecule has 1 fully saturated rings. The van der Waals surface area contributed by atoms with Gasteiger partial charge >= 0.3 is 11.9 Å². The van der Waals surface area contributed by atoms with Gasteiger partial charge in [-0.2, -0.15) is 0 Å². The first-order valence-corrected chi connectivity index (χ1v) is 12.5. The Morgan fingerprint density at radius 3 is 2.46 bits per heavy atom. The summed E-state index contributed by atoms with van der Waals surface area (Å²) in [7, 11) is 1.29. The number of dihydropyridines is 1. The van der Waals surface area contributed by atoms with Crippen molar-refractivity contribution < 1.29 is 28.6 Å². The molecule has 1 heterocycles. The summed E-state index contributed by atoms with van der Waals surface area (Å²) in [6.07, 6.45) is 4.04. The first-order chi connectivity index (χ1) is 16.7. The number of ether oxygens (including phenoxy) is 3. The molecular formula is C28H35NO6. The van der Waals surface area contributed by atoms with E-state index in [0.717, 1.165) is 31.4 Å². The van der Waals surface area contributed by atoms with Crippen molar-refractivity contribution in [1.82, 2.24) is 5.32 Å². The fraction of sp³-hybridized carbons (Fsp3) is 0.536. The zero-order valence-corrected chi connectivity index (χ0v) is 21.2. The lowest BCUT2D eigenvalue weighted by molar-refractivity contribution is -0.151. The van der Waals surface area contributed by atoms with Crippen LogP contribution in [-0.4, -0.2) is 37.0 Å². The Morgan fingerprint density at radius 2 is 1.80 bits per heavy atom. The highest BCUT2D eigenvalue weighted by atomic mass is 16.5. The molecule has 0 unspecified atom stereocenters. The Morgan fingerprint density at radius 1 is 1.11 bits per heavy atom. The molecule has 0 spiro atoms. The summed E-state index contributed by atoms with van der Waals surface area (Å²) in [4.78, 5) is 40.1. The Bertz CT molecular complexity index is 1080. The molecule has 0 aromatic heterocycles. The predicted molar refractivity (Wildman–Crippen MR) is 130 cm³/mol. The largest absolute Gasteiger partial charge is 0.491 e. The molecule has 1 saturated carbocycles. The molecule has 2 aliphatic carbocycles. The van der Waals surface area contributed by atoms with Gasteiger partial charge in [0.2, 0.25) is 0 Å². The zero-order valence-electron chi connectivity index (χ0n) is 21.2. The number of carbonyl (C=O) groups excluding carboxylic acids is 3.